The van der Waals surface area contributed by atoms with Crippen LogP contribution in [0.3, 0.4) is 0 Å². The van der Waals surface area contributed by atoms with Gasteiger partial charge in [-0.3, -0.25) is 19.9 Å². The number of hydroxylamine groups is 1. The molecule has 2 amide bonds. The molecule has 2 aromatic carbocycles. The van der Waals surface area contributed by atoms with E-state index in [0.29, 0.717) is 28.4 Å². The number of benzene rings is 2. The summed E-state index contributed by atoms with van der Waals surface area (Å²) in [6.45, 7) is 1.94. The Morgan fingerprint density at radius 1 is 1.04 bits per heavy atom. The van der Waals surface area contributed by atoms with E-state index in [4.69, 9.17) is 14.3 Å². The minimum atomic E-state index is -0.996. The van der Waals surface area contributed by atoms with Crippen molar-refractivity contribution in [3.05, 3.63) is 59.2 Å². The van der Waals surface area contributed by atoms with Gasteiger partial charge in [0, 0.05) is 5.56 Å². The van der Waals surface area contributed by atoms with Crippen molar-refractivity contribution < 1.29 is 23.9 Å². The second kappa shape index (κ2) is 6.44. The van der Waals surface area contributed by atoms with Crippen molar-refractivity contribution in [1.29, 1.82) is 0 Å². The van der Waals surface area contributed by atoms with Crippen LogP contribution in [0, 0.1) is 6.92 Å². The number of aryl methyl sites for hydroxylation is 1. The summed E-state index contributed by atoms with van der Waals surface area (Å²) in [5.41, 5.74) is 5.52. The van der Waals surface area contributed by atoms with Crippen molar-refractivity contribution in [3.63, 3.8) is 0 Å². The molecule has 1 fully saturated rings. The summed E-state index contributed by atoms with van der Waals surface area (Å²) in [5, 5.41) is 0. The summed E-state index contributed by atoms with van der Waals surface area (Å²) in [5.74, 6) is 0.280. The van der Waals surface area contributed by atoms with Gasteiger partial charge in [-0.2, -0.15) is 0 Å². The molecule has 7 nitrogen and oxygen atoms in total. The molecule has 1 saturated heterocycles. The van der Waals surface area contributed by atoms with Gasteiger partial charge in [0.15, 0.2) is 6.10 Å². The number of carbonyl (C=O) groups excluding carboxylic acids is 2. The highest BCUT2D eigenvalue weighted by Crippen LogP contribution is 2.39. The Hall–Kier alpha value is -3.32. The molecule has 0 spiro atoms. The standard InChI is InChI=1S/C20H18N2O5/c1-11-4-6-12(7-5-11)22-19(23)16-17(21-27-18(16)20(22)24)14-10-13(25-2)8-9-15(14)26-3/h4-10,18,21H,1-3H3/t18-/m0/s1. The highest BCUT2D eigenvalue weighted by atomic mass is 16.7. The first-order valence-corrected chi connectivity index (χ1v) is 8.38. The van der Waals surface area contributed by atoms with E-state index in [1.54, 1.807) is 37.4 Å². The molecule has 0 unspecified atom stereocenters. The number of hydrogen-bond donors (Lipinski definition) is 1. The van der Waals surface area contributed by atoms with Gasteiger partial charge in [0.05, 0.1) is 31.2 Å². The number of methoxy groups -OCH3 is 2. The molecule has 4 rings (SSSR count). The van der Waals surface area contributed by atoms with Crippen LogP contribution in [-0.4, -0.2) is 32.1 Å². The van der Waals surface area contributed by atoms with E-state index >= 15 is 0 Å². The van der Waals surface area contributed by atoms with Gasteiger partial charge in [-0.1, -0.05) is 17.7 Å². The fourth-order valence-corrected chi connectivity index (χ4v) is 3.24. The van der Waals surface area contributed by atoms with Crippen LogP contribution in [0.1, 0.15) is 11.1 Å². The van der Waals surface area contributed by atoms with Gasteiger partial charge in [-0.15, -0.1) is 0 Å². The maximum absolute atomic E-state index is 13.1. The molecular formula is C20H18N2O5. The topological polar surface area (TPSA) is 77.1 Å². The molecule has 7 heteroatoms. The fourth-order valence-electron chi connectivity index (χ4n) is 3.24. The molecule has 2 aliphatic heterocycles. The Labute approximate surface area is 156 Å². The van der Waals surface area contributed by atoms with Gasteiger partial charge in [0.1, 0.15) is 11.5 Å². The van der Waals surface area contributed by atoms with Gasteiger partial charge >= 0.3 is 0 Å². The zero-order valence-corrected chi connectivity index (χ0v) is 15.1. The number of fused-ring (bicyclic) bond motifs is 1. The number of hydrogen-bond acceptors (Lipinski definition) is 6. The van der Waals surface area contributed by atoms with Crippen LogP contribution < -0.4 is 19.9 Å². The van der Waals surface area contributed by atoms with Crippen LogP contribution in [-0.2, 0) is 14.4 Å². The Bertz CT molecular complexity index is 965. The van der Waals surface area contributed by atoms with Crippen molar-refractivity contribution in [2.75, 3.05) is 19.1 Å². The van der Waals surface area contributed by atoms with Crippen molar-refractivity contribution in [2.45, 2.75) is 13.0 Å². The number of imide groups is 1. The second-order valence-electron chi connectivity index (χ2n) is 6.27. The first-order valence-electron chi connectivity index (χ1n) is 8.38. The highest BCUT2D eigenvalue weighted by Gasteiger charge is 2.51. The van der Waals surface area contributed by atoms with Gasteiger partial charge < -0.3 is 9.47 Å². The average Bonchev–Trinajstić information content (AvgIpc) is 3.22. The van der Waals surface area contributed by atoms with E-state index in [0.717, 1.165) is 10.5 Å². The van der Waals surface area contributed by atoms with Crippen molar-refractivity contribution in [1.82, 2.24) is 5.48 Å². The first-order chi connectivity index (χ1) is 13.0. The van der Waals surface area contributed by atoms with Crippen LogP contribution in [0.4, 0.5) is 5.69 Å². The number of nitrogens with zero attached hydrogens (tertiary/aromatic N) is 1. The van der Waals surface area contributed by atoms with Crippen molar-refractivity contribution >= 4 is 23.2 Å². The maximum Gasteiger partial charge on any atom is 0.270 e. The van der Waals surface area contributed by atoms with Crippen molar-refractivity contribution in [2.24, 2.45) is 0 Å². The third-order valence-electron chi connectivity index (χ3n) is 4.66. The maximum atomic E-state index is 13.1. The van der Waals surface area contributed by atoms with Gasteiger partial charge in [0.25, 0.3) is 11.8 Å². The molecule has 1 N–H and O–H groups in total. The van der Waals surface area contributed by atoms with E-state index in [-0.39, 0.29) is 5.57 Å². The molecule has 0 radical (unpaired) electrons. The molecule has 138 valence electrons. The molecule has 0 saturated carbocycles. The van der Waals surface area contributed by atoms with E-state index < -0.39 is 17.9 Å². The molecule has 2 aromatic rings. The average molecular weight is 366 g/mol. The van der Waals surface area contributed by atoms with Crippen LogP contribution in [0.15, 0.2) is 48.0 Å². The normalized spacial score (nSPS) is 18.6. The number of rotatable bonds is 4. The predicted molar refractivity (Wildman–Crippen MR) is 98.1 cm³/mol. The third kappa shape index (κ3) is 2.63. The van der Waals surface area contributed by atoms with Crippen molar-refractivity contribution in [3.8, 4) is 11.5 Å². The molecule has 0 aromatic heterocycles. The molecule has 1 atom stereocenters. The molecule has 2 heterocycles. The van der Waals surface area contributed by atoms with E-state index in [1.807, 2.05) is 19.1 Å². The number of nitrogens with one attached hydrogen (secondary N) is 1. The Balaban J connectivity index is 1.82. The summed E-state index contributed by atoms with van der Waals surface area (Å²) in [6.07, 6.45) is -0.996. The summed E-state index contributed by atoms with van der Waals surface area (Å²) in [6, 6.07) is 12.4. The number of carbonyl (C=O) groups is 2. The van der Waals surface area contributed by atoms with Gasteiger partial charge in [-0.25, -0.2) is 4.90 Å². The van der Waals surface area contributed by atoms with Crippen LogP contribution in [0.5, 0.6) is 11.5 Å². The van der Waals surface area contributed by atoms with Crippen LogP contribution in [0.2, 0.25) is 0 Å². The molecule has 0 aliphatic carbocycles. The molecule has 2 aliphatic rings. The monoisotopic (exact) mass is 366 g/mol. The lowest BCUT2D eigenvalue weighted by atomic mass is 10.0. The Kier molecular flexibility index (Phi) is 4.08. The minimum Gasteiger partial charge on any atom is -0.497 e. The zero-order chi connectivity index (χ0) is 19.1. The Morgan fingerprint density at radius 3 is 2.44 bits per heavy atom. The summed E-state index contributed by atoms with van der Waals surface area (Å²) < 4.78 is 10.7. The van der Waals surface area contributed by atoms with E-state index in [9.17, 15) is 9.59 Å². The lowest BCUT2D eigenvalue weighted by molar-refractivity contribution is -0.127. The van der Waals surface area contributed by atoms with Gasteiger partial charge in [0.2, 0.25) is 0 Å². The Morgan fingerprint density at radius 2 is 1.78 bits per heavy atom. The largest absolute Gasteiger partial charge is 0.497 e. The first kappa shape index (κ1) is 17.1. The number of anilines is 1. The zero-order valence-electron chi connectivity index (χ0n) is 15.1. The fraction of sp³-hybridized carbons (Fsp3) is 0.200. The van der Waals surface area contributed by atoms with Crippen LogP contribution >= 0.6 is 0 Å². The summed E-state index contributed by atoms with van der Waals surface area (Å²) >= 11 is 0. The minimum absolute atomic E-state index is 0.257. The molecular weight excluding hydrogens is 348 g/mol. The van der Waals surface area contributed by atoms with E-state index in [2.05, 4.69) is 5.48 Å². The lowest BCUT2D eigenvalue weighted by Crippen LogP contribution is -2.34. The second-order valence-corrected chi connectivity index (χ2v) is 6.27. The molecule has 0 bridgehead atoms. The quantitative estimate of drug-likeness (QED) is 0.836. The summed E-state index contributed by atoms with van der Waals surface area (Å²) in [7, 11) is 3.08. The smallest absolute Gasteiger partial charge is 0.270 e. The lowest BCUT2D eigenvalue weighted by Gasteiger charge is -2.16. The van der Waals surface area contributed by atoms with E-state index in [1.165, 1.54) is 7.11 Å². The predicted octanol–water partition coefficient (Wildman–Crippen LogP) is 2.20. The summed E-state index contributed by atoms with van der Waals surface area (Å²) in [4.78, 5) is 32.5. The highest BCUT2D eigenvalue weighted by molar-refractivity contribution is 6.33. The number of ether oxygens (including phenoxy) is 2. The molecule has 27 heavy (non-hydrogen) atoms. The number of amides is 2. The van der Waals surface area contributed by atoms with Gasteiger partial charge in [-0.05, 0) is 37.3 Å². The third-order valence-corrected chi connectivity index (χ3v) is 4.66. The SMILES string of the molecule is COc1ccc(OC)c(C2=C3C(=O)N(c4ccc(C)cc4)C(=O)[C@H]3ON2)c1. The van der Waals surface area contributed by atoms with Crippen LogP contribution in [0.25, 0.3) is 5.70 Å².